The van der Waals surface area contributed by atoms with Crippen molar-refractivity contribution in [1.29, 1.82) is 0 Å². The third-order valence-electron chi connectivity index (χ3n) is 6.05. The van der Waals surface area contributed by atoms with Crippen LogP contribution in [0.5, 0.6) is 11.6 Å². The average molecular weight is 507 g/mol. The van der Waals surface area contributed by atoms with Gasteiger partial charge in [0.15, 0.2) is 0 Å². The van der Waals surface area contributed by atoms with Crippen LogP contribution in [0, 0.1) is 13.8 Å². The van der Waals surface area contributed by atoms with E-state index in [1.807, 2.05) is 30.7 Å². The topological polar surface area (TPSA) is 95.2 Å². The Bertz CT molecular complexity index is 868. The SMILES string of the molecule is CCOCCCCOc1ccc(C)cc1.CCc1c(OC2CC(O)CC(CO)O2)nn(C(C)C)c1C. The normalized spacial score (nSPS) is 19.6. The highest BCUT2D eigenvalue weighted by Crippen LogP contribution is 2.28. The van der Waals surface area contributed by atoms with Crippen molar-refractivity contribution in [1.82, 2.24) is 9.78 Å². The fourth-order valence-corrected chi connectivity index (χ4v) is 4.07. The molecule has 0 spiro atoms. The first-order valence-electron chi connectivity index (χ1n) is 13.2. The van der Waals surface area contributed by atoms with Gasteiger partial charge in [-0.1, -0.05) is 24.6 Å². The van der Waals surface area contributed by atoms with E-state index < -0.39 is 12.4 Å². The van der Waals surface area contributed by atoms with Gasteiger partial charge in [0.2, 0.25) is 12.2 Å². The summed E-state index contributed by atoms with van der Waals surface area (Å²) in [4.78, 5) is 0. The number of aromatic nitrogens is 2. The Morgan fingerprint density at radius 1 is 1.08 bits per heavy atom. The van der Waals surface area contributed by atoms with Crippen LogP contribution in [0.2, 0.25) is 0 Å². The Morgan fingerprint density at radius 3 is 2.39 bits per heavy atom. The summed E-state index contributed by atoms with van der Waals surface area (Å²) in [5.41, 5.74) is 3.42. The molecule has 0 amide bonds. The number of hydrogen-bond donors (Lipinski definition) is 2. The molecule has 2 N–H and O–H groups in total. The van der Waals surface area contributed by atoms with E-state index in [2.05, 4.69) is 44.9 Å². The van der Waals surface area contributed by atoms with Crippen molar-refractivity contribution < 1.29 is 29.2 Å². The Morgan fingerprint density at radius 2 is 1.78 bits per heavy atom. The molecular formula is C28H46N2O6. The number of aryl methyl sites for hydroxylation is 1. The highest BCUT2D eigenvalue weighted by molar-refractivity contribution is 5.31. The molecule has 0 bridgehead atoms. The number of unbranched alkanes of at least 4 members (excludes halogenated alkanes) is 1. The summed E-state index contributed by atoms with van der Waals surface area (Å²) in [7, 11) is 0. The highest BCUT2D eigenvalue weighted by atomic mass is 16.7. The summed E-state index contributed by atoms with van der Waals surface area (Å²) < 4.78 is 24.3. The summed E-state index contributed by atoms with van der Waals surface area (Å²) in [6.07, 6.45) is 2.33. The number of nitrogens with zero attached hydrogens (tertiary/aromatic N) is 2. The van der Waals surface area contributed by atoms with Crippen LogP contribution in [0.15, 0.2) is 24.3 Å². The van der Waals surface area contributed by atoms with Gasteiger partial charge in [-0.2, -0.15) is 0 Å². The predicted molar refractivity (Wildman–Crippen MR) is 141 cm³/mol. The zero-order valence-corrected chi connectivity index (χ0v) is 22.9. The molecule has 2 aromatic rings. The zero-order chi connectivity index (χ0) is 26.5. The lowest BCUT2D eigenvalue weighted by Crippen LogP contribution is -2.40. The number of rotatable bonds is 12. The quantitative estimate of drug-likeness (QED) is 0.401. The third kappa shape index (κ3) is 9.73. The van der Waals surface area contributed by atoms with Crippen molar-refractivity contribution in [2.75, 3.05) is 26.4 Å². The smallest absolute Gasteiger partial charge is 0.238 e. The lowest BCUT2D eigenvalue weighted by atomic mass is 10.1. The van der Waals surface area contributed by atoms with Crippen LogP contribution in [0.4, 0.5) is 0 Å². The van der Waals surface area contributed by atoms with Crippen LogP contribution in [-0.4, -0.2) is 64.9 Å². The lowest BCUT2D eigenvalue weighted by Gasteiger charge is -2.31. The molecule has 0 aliphatic carbocycles. The second-order valence-electron chi connectivity index (χ2n) is 9.44. The molecule has 1 aromatic heterocycles. The van der Waals surface area contributed by atoms with Gasteiger partial charge in [-0.15, -0.1) is 5.10 Å². The van der Waals surface area contributed by atoms with Crippen molar-refractivity contribution in [3.63, 3.8) is 0 Å². The molecule has 1 fully saturated rings. The van der Waals surface area contributed by atoms with Gasteiger partial charge in [-0.25, -0.2) is 0 Å². The summed E-state index contributed by atoms with van der Waals surface area (Å²) in [6.45, 7) is 14.6. The van der Waals surface area contributed by atoms with E-state index in [4.69, 9.17) is 18.9 Å². The molecule has 8 nitrogen and oxygen atoms in total. The van der Waals surface area contributed by atoms with Crippen LogP contribution in [-0.2, 0) is 15.9 Å². The maximum Gasteiger partial charge on any atom is 0.238 e. The van der Waals surface area contributed by atoms with Crippen molar-refractivity contribution in [2.24, 2.45) is 0 Å². The number of aliphatic hydroxyl groups excluding tert-OH is 2. The number of hydrogen-bond acceptors (Lipinski definition) is 7. The molecule has 3 unspecified atom stereocenters. The van der Waals surface area contributed by atoms with Gasteiger partial charge < -0.3 is 29.2 Å². The first-order valence-corrected chi connectivity index (χ1v) is 13.2. The number of benzene rings is 1. The molecule has 1 saturated heterocycles. The maximum absolute atomic E-state index is 9.84. The van der Waals surface area contributed by atoms with Gasteiger partial charge in [0.25, 0.3) is 0 Å². The first kappa shape index (κ1) is 30.1. The summed E-state index contributed by atoms with van der Waals surface area (Å²) in [5, 5.41) is 23.6. The van der Waals surface area contributed by atoms with E-state index >= 15 is 0 Å². The molecule has 36 heavy (non-hydrogen) atoms. The largest absolute Gasteiger partial charge is 0.494 e. The fourth-order valence-electron chi connectivity index (χ4n) is 4.07. The van der Waals surface area contributed by atoms with Crippen LogP contribution in [0.1, 0.15) is 76.2 Å². The highest BCUT2D eigenvalue weighted by Gasteiger charge is 2.30. The second-order valence-corrected chi connectivity index (χ2v) is 9.44. The molecular weight excluding hydrogens is 460 g/mol. The number of aliphatic hydroxyl groups is 2. The number of ether oxygens (including phenoxy) is 4. The molecule has 1 aliphatic heterocycles. The minimum atomic E-state index is -0.564. The summed E-state index contributed by atoms with van der Waals surface area (Å²) in [6, 6.07) is 8.41. The van der Waals surface area contributed by atoms with Gasteiger partial charge in [-0.05, 0) is 66.0 Å². The Balaban J connectivity index is 0.000000269. The molecule has 1 aliphatic rings. The minimum Gasteiger partial charge on any atom is -0.494 e. The molecule has 2 heterocycles. The van der Waals surface area contributed by atoms with Crippen LogP contribution in [0.25, 0.3) is 0 Å². The second kappa shape index (κ2) is 15.9. The molecule has 3 rings (SSSR count). The Kier molecular flexibility index (Phi) is 13.3. The van der Waals surface area contributed by atoms with Crippen molar-refractivity contribution in [2.45, 2.75) is 98.2 Å². The lowest BCUT2D eigenvalue weighted by molar-refractivity contribution is -0.186. The molecule has 0 saturated carbocycles. The molecule has 8 heteroatoms. The van der Waals surface area contributed by atoms with E-state index in [-0.39, 0.29) is 18.8 Å². The molecule has 0 radical (unpaired) electrons. The van der Waals surface area contributed by atoms with E-state index in [1.165, 1.54) is 5.56 Å². The summed E-state index contributed by atoms with van der Waals surface area (Å²) >= 11 is 0. The zero-order valence-electron chi connectivity index (χ0n) is 22.9. The average Bonchev–Trinajstić information content (AvgIpc) is 3.17. The Hall–Kier alpha value is -2.13. The first-order chi connectivity index (χ1) is 17.3. The Labute approximate surface area is 216 Å². The van der Waals surface area contributed by atoms with Gasteiger partial charge >= 0.3 is 0 Å². The van der Waals surface area contributed by atoms with Crippen molar-refractivity contribution in [3.05, 3.63) is 41.1 Å². The molecule has 3 atom stereocenters. The monoisotopic (exact) mass is 506 g/mol. The molecule has 204 valence electrons. The predicted octanol–water partition coefficient (Wildman–Crippen LogP) is 4.76. The van der Waals surface area contributed by atoms with Gasteiger partial charge in [-0.3, -0.25) is 4.68 Å². The minimum absolute atomic E-state index is 0.114. The van der Waals surface area contributed by atoms with Crippen LogP contribution < -0.4 is 9.47 Å². The fraction of sp³-hybridized carbons (Fsp3) is 0.679. The van der Waals surface area contributed by atoms with E-state index in [0.717, 1.165) is 56.1 Å². The van der Waals surface area contributed by atoms with Crippen molar-refractivity contribution >= 4 is 0 Å². The summed E-state index contributed by atoms with van der Waals surface area (Å²) in [5.74, 6) is 1.52. The standard InChI is InChI=1S/C15H26N2O4.C13H20O2/c1-5-13-10(4)17(9(2)3)16-15(13)21-14-7-11(19)6-12(8-18)20-14;1-3-14-10-4-5-11-15-13-8-6-12(2)7-9-13/h9,11-12,14,18-19H,5-8H2,1-4H3;6-9H,3-5,10-11H2,1-2H3. The van der Waals surface area contributed by atoms with Crippen LogP contribution in [0.3, 0.4) is 0 Å². The van der Waals surface area contributed by atoms with E-state index in [9.17, 15) is 10.2 Å². The van der Waals surface area contributed by atoms with Gasteiger partial charge in [0.05, 0.1) is 25.4 Å². The van der Waals surface area contributed by atoms with Gasteiger partial charge in [0.1, 0.15) is 5.75 Å². The molecule has 1 aromatic carbocycles. The maximum atomic E-state index is 9.84. The van der Waals surface area contributed by atoms with Crippen LogP contribution >= 0.6 is 0 Å². The van der Waals surface area contributed by atoms with Crippen molar-refractivity contribution in [3.8, 4) is 11.6 Å². The van der Waals surface area contributed by atoms with E-state index in [0.29, 0.717) is 18.7 Å². The third-order valence-corrected chi connectivity index (χ3v) is 6.05. The van der Waals surface area contributed by atoms with Gasteiger partial charge in [0, 0.05) is 43.4 Å². The van der Waals surface area contributed by atoms with E-state index in [1.54, 1.807) is 0 Å².